The van der Waals surface area contributed by atoms with E-state index in [9.17, 15) is 4.79 Å². The molecule has 0 fully saturated rings. The van der Waals surface area contributed by atoms with Crippen LogP contribution in [-0.4, -0.2) is 15.7 Å². The van der Waals surface area contributed by atoms with Crippen molar-refractivity contribution in [1.29, 1.82) is 0 Å². The summed E-state index contributed by atoms with van der Waals surface area (Å²) in [7, 11) is 0. The molecule has 1 aliphatic rings. The fourth-order valence-electron chi connectivity index (χ4n) is 3.70. The van der Waals surface area contributed by atoms with Crippen LogP contribution in [-0.2, 0) is 19.3 Å². The standard InChI is InChI=1S/C22H18N2OS2/c25-20-18-17-11-10-15-8-4-5-9-16(15)19(17)27-21(18)24-22(23-20)26-13-12-14-6-2-1-3-7-14/h1-9H,10-13H2,(H,23,24,25). The summed E-state index contributed by atoms with van der Waals surface area (Å²) < 4.78 is 0. The first kappa shape index (κ1) is 16.8. The summed E-state index contributed by atoms with van der Waals surface area (Å²) >= 11 is 3.27. The quantitative estimate of drug-likeness (QED) is 0.390. The molecule has 5 rings (SSSR count). The molecular formula is C22H18N2OS2. The maximum atomic E-state index is 12.8. The van der Waals surface area contributed by atoms with Gasteiger partial charge < -0.3 is 4.98 Å². The van der Waals surface area contributed by atoms with E-state index in [4.69, 9.17) is 4.98 Å². The molecule has 0 atom stereocenters. The van der Waals surface area contributed by atoms with E-state index in [1.807, 2.05) is 6.07 Å². The van der Waals surface area contributed by atoms with Crippen molar-refractivity contribution in [2.75, 3.05) is 5.75 Å². The minimum absolute atomic E-state index is 0.000841. The van der Waals surface area contributed by atoms with Crippen LogP contribution in [0.2, 0.25) is 0 Å². The van der Waals surface area contributed by atoms with E-state index < -0.39 is 0 Å². The van der Waals surface area contributed by atoms with Gasteiger partial charge in [0.05, 0.1) is 5.39 Å². The fourth-order valence-corrected chi connectivity index (χ4v) is 5.89. The van der Waals surface area contributed by atoms with E-state index in [-0.39, 0.29) is 5.56 Å². The topological polar surface area (TPSA) is 45.8 Å². The number of aromatic nitrogens is 2. The SMILES string of the molecule is O=c1[nH]c(SCCc2ccccc2)nc2sc3c(c12)CCc1ccccc1-3. The number of nitrogens with one attached hydrogen (secondary N) is 1. The van der Waals surface area contributed by atoms with E-state index in [0.717, 1.165) is 40.4 Å². The van der Waals surface area contributed by atoms with E-state index in [2.05, 4.69) is 53.5 Å². The smallest absolute Gasteiger partial charge is 0.260 e. The van der Waals surface area contributed by atoms with Crippen molar-refractivity contribution in [2.45, 2.75) is 24.4 Å². The molecular weight excluding hydrogens is 372 g/mol. The van der Waals surface area contributed by atoms with Crippen LogP contribution in [0.25, 0.3) is 20.7 Å². The van der Waals surface area contributed by atoms with Gasteiger partial charge in [0.25, 0.3) is 5.56 Å². The lowest BCUT2D eigenvalue weighted by molar-refractivity contribution is 0.943. The number of thiophene rings is 1. The number of aromatic amines is 1. The highest BCUT2D eigenvalue weighted by Gasteiger charge is 2.23. The Labute approximate surface area is 165 Å². The molecule has 4 aromatic rings. The van der Waals surface area contributed by atoms with Gasteiger partial charge in [0.15, 0.2) is 5.16 Å². The summed E-state index contributed by atoms with van der Waals surface area (Å²) in [6, 6.07) is 18.9. The molecule has 0 saturated carbocycles. The second-order valence-corrected chi connectivity index (χ2v) is 8.78. The molecule has 1 N–H and O–H groups in total. The Kier molecular flexibility index (Phi) is 4.34. The van der Waals surface area contributed by atoms with Crippen molar-refractivity contribution in [3.05, 3.63) is 81.6 Å². The second-order valence-electron chi connectivity index (χ2n) is 6.70. The van der Waals surface area contributed by atoms with Gasteiger partial charge in [-0.2, -0.15) is 0 Å². The fraction of sp³-hybridized carbons (Fsp3) is 0.182. The van der Waals surface area contributed by atoms with Gasteiger partial charge in [-0.25, -0.2) is 4.98 Å². The number of hydrogen-bond donors (Lipinski definition) is 1. The zero-order valence-corrected chi connectivity index (χ0v) is 16.3. The highest BCUT2D eigenvalue weighted by atomic mass is 32.2. The summed E-state index contributed by atoms with van der Waals surface area (Å²) in [6.07, 6.45) is 2.86. The summed E-state index contributed by atoms with van der Waals surface area (Å²) in [5.41, 5.74) is 5.10. The highest BCUT2D eigenvalue weighted by molar-refractivity contribution is 7.99. The van der Waals surface area contributed by atoms with Gasteiger partial charge in [-0.05, 0) is 41.5 Å². The Bertz CT molecular complexity index is 1180. The van der Waals surface area contributed by atoms with Gasteiger partial charge in [-0.3, -0.25) is 4.79 Å². The van der Waals surface area contributed by atoms with Crippen LogP contribution in [0.3, 0.4) is 0 Å². The molecule has 2 aromatic carbocycles. The monoisotopic (exact) mass is 390 g/mol. The molecule has 2 aromatic heterocycles. The first-order valence-corrected chi connectivity index (χ1v) is 10.9. The molecule has 0 aliphatic heterocycles. The van der Waals surface area contributed by atoms with Gasteiger partial charge >= 0.3 is 0 Å². The summed E-state index contributed by atoms with van der Waals surface area (Å²) in [6.45, 7) is 0. The van der Waals surface area contributed by atoms with Crippen LogP contribution in [0.5, 0.6) is 0 Å². The van der Waals surface area contributed by atoms with Crippen LogP contribution in [0.15, 0.2) is 64.5 Å². The van der Waals surface area contributed by atoms with E-state index >= 15 is 0 Å². The van der Waals surface area contributed by atoms with Crippen molar-refractivity contribution in [3.8, 4) is 10.4 Å². The Morgan fingerprint density at radius 1 is 1.04 bits per heavy atom. The molecule has 0 bridgehead atoms. The van der Waals surface area contributed by atoms with Crippen LogP contribution in [0, 0.1) is 0 Å². The highest BCUT2D eigenvalue weighted by Crippen LogP contribution is 2.42. The molecule has 0 spiro atoms. The number of hydrogen-bond acceptors (Lipinski definition) is 4. The minimum atomic E-state index is -0.000841. The molecule has 2 heterocycles. The largest absolute Gasteiger partial charge is 0.301 e. The molecule has 0 amide bonds. The van der Waals surface area contributed by atoms with Gasteiger partial charge in [0, 0.05) is 10.6 Å². The number of H-pyrrole nitrogens is 1. The third-order valence-electron chi connectivity index (χ3n) is 5.02. The van der Waals surface area contributed by atoms with Crippen molar-refractivity contribution in [1.82, 2.24) is 9.97 Å². The van der Waals surface area contributed by atoms with Crippen molar-refractivity contribution in [2.24, 2.45) is 0 Å². The first-order valence-electron chi connectivity index (χ1n) is 9.10. The molecule has 0 saturated heterocycles. The normalized spacial score (nSPS) is 12.7. The third-order valence-corrected chi connectivity index (χ3v) is 7.05. The van der Waals surface area contributed by atoms with Gasteiger partial charge in [-0.1, -0.05) is 66.4 Å². The average Bonchev–Trinajstić information content (AvgIpc) is 3.08. The van der Waals surface area contributed by atoms with Gasteiger partial charge in [0.2, 0.25) is 0 Å². The van der Waals surface area contributed by atoms with Gasteiger partial charge in [0.1, 0.15) is 4.83 Å². The van der Waals surface area contributed by atoms with Crippen LogP contribution >= 0.6 is 23.1 Å². The lowest BCUT2D eigenvalue weighted by Gasteiger charge is -2.15. The first-order chi connectivity index (χ1) is 13.3. The maximum absolute atomic E-state index is 12.8. The van der Waals surface area contributed by atoms with Crippen LogP contribution < -0.4 is 5.56 Å². The molecule has 1 aliphatic carbocycles. The summed E-state index contributed by atoms with van der Waals surface area (Å²) in [5.74, 6) is 0.895. The number of rotatable bonds is 4. The lowest BCUT2D eigenvalue weighted by atomic mass is 9.90. The summed E-state index contributed by atoms with van der Waals surface area (Å²) in [5, 5.41) is 1.51. The minimum Gasteiger partial charge on any atom is -0.301 e. The number of aryl methyl sites for hydroxylation is 3. The zero-order valence-electron chi connectivity index (χ0n) is 14.7. The molecule has 0 unspecified atom stereocenters. The molecule has 0 radical (unpaired) electrons. The number of benzene rings is 2. The Balaban J connectivity index is 1.47. The van der Waals surface area contributed by atoms with Gasteiger partial charge in [-0.15, -0.1) is 11.3 Å². The Morgan fingerprint density at radius 2 is 1.85 bits per heavy atom. The average molecular weight is 391 g/mol. The third kappa shape index (κ3) is 3.11. The van der Waals surface area contributed by atoms with E-state index in [1.54, 1.807) is 23.1 Å². The van der Waals surface area contributed by atoms with E-state index in [0.29, 0.717) is 0 Å². The van der Waals surface area contributed by atoms with E-state index in [1.165, 1.54) is 27.1 Å². The molecule has 5 heteroatoms. The second kappa shape index (κ2) is 6.98. The predicted molar refractivity (Wildman–Crippen MR) is 114 cm³/mol. The molecule has 27 heavy (non-hydrogen) atoms. The van der Waals surface area contributed by atoms with Crippen LogP contribution in [0.4, 0.5) is 0 Å². The Morgan fingerprint density at radius 3 is 2.74 bits per heavy atom. The van der Waals surface area contributed by atoms with Crippen molar-refractivity contribution >= 4 is 33.3 Å². The molecule has 3 nitrogen and oxygen atoms in total. The Hall–Kier alpha value is -2.37. The predicted octanol–water partition coefficient (Wildman–Crippen LogP) is 5.09. The van der Waals surface area contributed by atoms with Crippen molar-refractivity contribution < 1.29 is 0 Å². The zero-order chi connectivity index (χ0) is 18.2. The summed E-state index contributed by atoms with van der Waals surface area (Å²) in [4.78, 5) is 22.6. The number of nitrogens with zero attached hydrogens (tertiary/aromatic N) is 1. The number of fused-ring (bicyclic) bond motifs is 5. The molecule has 134 valence electrons. The lowest BCUT2D eigenvalue weighted by Crippen LogP contribution is -2.11. The van der Waals surface area contributed by atoms with Crippen LogP contribution in [0.1, 0.15) is 16.7 Å². The van der Waals surface area contributed by atoms with Crippen molar-refractivity contribution in [3.63, 3.8) is 0 Å². The maximum Gasteiger partial charge on any atom is 0.260 e. The number of thioether (sulfide) groups is 1.